The van der Waals surface area contributed by atoms with Gasteiger partial charge in [0.25, 0.3) is 6.47 Å². The first-order valence-electron chi connectivity index (χ1n) is 5.89. The maximum absolute atomic E-state index is 10.3. The molecule has 0 aromatic heterocycles. The van der Waals surface area contributed by atoms with Crippen LogP contribution in [-0.4, -0.2) is 12.6 Å². The molecule has 0 bridgehead atoms. The molecule has 0 saturated heterocycles. The predicted octanol–water partition coefficient (Wildman–Crippen LogP) is 3.06. The van der Waals surface area contributed by atoms with Crippen LogP contribution in [0.1, 0.15) is 38.2 Å². The Morgan fingerprint density at radius 3 is 2.44 bits per heavy atom. The van der Waals surface area contributed by atoms with Gasteiger partial charge in [0.05, 0.1) is 0 Å². The Morgan fingerprint density at radius 1 is 1.25 bits per heavy atom. The number of carbonyl (C=O) groups is 1. The third-order valence-electron chi connectivity index (χ3n) is 3.75. The van der Waals surface area contributed by atoms with Crippen LogP contribution in [0, 0.1) is 0 Å². The summed E-state index contributed by atoms with van der Waals surface area (Å²) < 4.78 is 5.03. The summed E-state index contributed by atoms with van der Waals surface area (Å²) in [6, 6.07) is 10.6. The number of carbonyl (C=O) groups excluding carboxylic acids is 1. The van der Waals surface area contributed by atoms with Gasteiger partial charge in [-0.05, 0) is 36.7 Å². The zero-order chi connectivity index (χ0) is 11.4. The maximum atomic E-state index is 10.3. The highest BCUT2D eigenvalue weighted by molar-refractivity contribution is 5.37. The van der Waals surface area contributed by atoms with E-state index >= 15 is 0 Å². The lowest BCUT2D eigenvalue weighted by Crippen LogP contribution is -2.31. The van der Waals surface area contributed by atoms with Gasteiger partial charge in [-0.3, -0.25) is 4.79 Å². The van der Waals surface area contributed by atoms with Gasteiger partial charge in [0.15, 0.2) is 0 Å². The van der Waals surface area contributed by atoms with Crippen molar-refractivity contribution in [3.05, 3.63) is 35.9 Å². The second-order valence-corrected chi connectivity index (χ2v) is 4.86. The summed E-state index contributed by atoms with van der Waals surface area (Å²) in [5.74, 6) is 0. The molecule has 0 radical (unpaired) electrons. The van der Waals surface area contributed by atoms with Crippen LogP contribution in [0.5, 0.6) is 0 Å². The molecule has 0 unspecified atom stereocenters. The fraction of sp³-hybridized carbons (Fsp3) is 0.500. The zero-order valence-electron chi connectivity index (χ0n) is 9.69. The Kier molecular flexibility index (Phi) is 3.28. The molecule has 16 heavy (non-hydrogen) atoms. The smallest absolute Gasteiger partial charge is 0.293 e. The lowest BCUT2D eigenvalue weighted by atomic mass is 9.70. The Balaban J connectivity index is 2.04. The molecular weight excluding hydrogens is 200 g/mol. The van der Waals surface area contributed by atoms with Gasteiger partial charge in [-0.25, -0.2) is 0 Å². The SMILES string of the molecule is CC1(c2ccccc2)CCC(OC=O)CC1. The quantitative estimate of drug-likeness (QED) is 0.729. The van der Waals surface area contributed by atoms with E-state index < -0.39 is 0 Å². The number of hydrogen-bond donors (Lipinski definition) is 0. The molecule has 0 N–H and O–H groups in total. The Bertz CT molecular complexity index is 337. The van der Waals surface area contributed by atoms with Crippen molar-refractivity contribution >= 4 is 6.47 Å². The molecule has 2 nitrogen and oxygen atoms in total. The van der Waals surface area contributed by atoms with Gasteiger partial charge in [-0.2, -0.15) is 0 Å². The van der Waals surface area contributed by atoms with E-state index in [1.165, 1.54) is 5.56 Å². The Morgan fingerprint density at radius 2 is 1.88 bits per heavy atom. The third-order valence-corrected chi connectivity index (χ3v) is 3.75. The lowest BCUT2D eigenvalue weighted by molar-refractivity contribution is -0.135. The van der Waals surface area contributed by atoms with E-state index in [9.17, 15) is 4.79 Å². The first-order valence-corrected chi connectivity index (χ1v) is 5.89. The van der Waals surface area contributed by atoms with Gasteiger partial charge in [0.1, 0.15) is 6.10 Å². The number of ether oxygens (including phenoxy) is 1. The first kappa shape index (κ1) is 11.2. The largest absolute Gasteiger partial charge is 0.465 e. The van der Waals surface area contributed by atoms with Crippen LogP contribution in [0.25, 0.3) is 0 Å². The van der Waals surface area contributed by atoms with Crippen molar-refractivity contribution in [2.24, 2.45) is 0 Å². The fourth-order valence-corrected chi connectivity index (χ4v) is 2.57. The minimum atomic E-state index is 0.134. The van der Waals surface area contributed by atoms with Crippen LogP contribution in [0.3, 0.4) is 0 Å². The number of benzene rings is 1. The molecule has 0 heterocycles. The highest BCUT2D eigenvalue weighted by Gasteiger charge is 2.32. The minimum Gasteiger partial charge on any atom is -0.465 e. The monoisotopic (exact) mass is 218 g/mol. The molecule has 0 amide bonds. The molecule has 1 aliphatic carbocycles. The Hall–Kier alpha value is -1.31. The zero-order valence-corrected chi connectivity index (χ0v) is 9.69. The minimum absolute atomic E-state index is 0.134. The molecule has 1 aliphatic rings. The van der Waals surface area contributed by atoms with Gasteiger partial charge in [0.2, 0.25) is 0 Å². The van der Waals surface area contributed by atoms with Crippen molar-refractivity contribution in [3.8, 4) is 0 Å². The average molecular weight is 218 g/mol. The van der Waals surface area contributed by atoms with Gasteiger partial charge >= 0.3 is 0 Å². The molecule has 86 valence electrons. The van der Waals surface area contributed by atoms with Crippen molar-refractivity contribution in [3.63, 3.8) is 0 Å². The van der Waals surface area contributed by atoms with Crippen molar-refractivity contribution in [2.45, 2.75) is 44.1 Å². The highest BCUT2D eigenvalue weighted by atomic mass is 16.5. The van der Waals surface area contributed by atoms with Crippen LogP contribution in [0.4, 0.5) is 0 Å². The normalized spacial score (nSPS) is 29.7. The maximum Gasteiger partial charge on any atom is 0.293 e. The van der Waals surface area contributed by atoms with E-state index in [4.69, 9.17) is 4.74 Å². The molecule has 1 fully saturated rings. The molecule has 0 spiro atoms. The second kappa shape index (κ2) is 4.69. The average Bonchev–Trinajstić information content (AvgIpc) is 2.34. The topological polar surface area (TPSA) is 26.3 Å². The highest BCUT2D eigenvalue weighted by Crippen LogP contribution is 2.39. The summed E-state index contributed by atoms with van der Waals surface area (Å²) in [7, 11) is 0. The molecule has 2 heteroatoms. The molecule has 0 atom stereocenters. The van der Waals surface area contributed by atoms with Gasteiger partial charge in [0, 0.05) is 0 Å². The van der Waals surface area contributed by atoms with Crippen molar-refractivity contribution in [2.75, 3.05) is 0 Å². The standard InChI is InChI=1S/C14H18O2/c1-14(12-5-3-2-4-6-12)9-7-13(8-10-14)16-11-15/h2-6,11,13H,7-10H2,1H3. The van der Waals surface area contributed by atoms with E-state index in [-0.39, 0.29) is 11.5 Å². The Labute approximate surface area is 96.6 Å². The summed E-state index contributed by atoms with van der Waals surface area (Å²) in [6.45, 7) is 2.88. The van der Waals surface area contributed by atoms with Crippen LogP contribution in [0.15, 0.2) is 30.3 Å². The summed E-state index contributed by atoms with van der Waals surface area (Å²) >= 11 is 0. The van der Waals surface area contributed by atoms with E-state index in [0.717, 1.165) is 25.7 Å². The number of rotatable bonds is 3. The van der Waals surface area contributed by atoms with Crippen LogP contribution in [0.2, 0.25) is 0 Å². The third kappa shape index (κ3) is 2.26. The van der Waals surface area contributed by atoms with Crippen LogP contribution in [-0.2, 0) is 14.9 Å². The molecule has 1 aromatic rings. The van der Waals surface area contributed by atoms with Crippen molar-refractivity contribution < 1.29 is 9.53 Å². The molecule has 2 rings (SSSR count). The van der Waals surface area contributed by atoms with Gasteiger partial charge < -0.3 is 4.74 Å². The predicted molar refractivity (Wildman–Crippen MR) is 63.2 cm³/mol. The van der Waals surface area contributed by atoms with E-state index in [0.29, 0.717) is 6.47 Å². The van der Waals surface area contributed by atoms with E-state index in [1.54, 1.807) is 0 Å². The van der Waals surface area contributed by atoms with Crippen LogP contribution < -0.4 is 0 Å². The number of hydrogen-bond acceptors (Lipinski definition) is 2. The van der Waals surface area contributed by atoms with Gasteiger partial charge in [-0.15, -0.1) is 0 Å². The molecule has 0 aliphatic heterocycles. The first-order chi connectivity index (χ1) is 7.74. The van der Waals surface area contributed by atoms with Gasteiger partial charge in [-0.1, -0.05) is 37.3 Å². The summed E-state index contributed by atoms with van der Waals surface area (Å²) in [4.78, 5) is 10.3. The molecule has 1 aromatic carbocycles. The lowest BCUT2D eigenvalue weighted by Gasteiger charge is -2.37. The van der Waals surface area contributed by atoms with Crippen molar-refractivity contribution in [1.29, 1.82) is 0 Å². The molecule has 1 saturated carbocycles. The fourth-order valence-electron chi connectivity index (χ4n) is 2.57. The van der Waals surface area contributed by atoms with Crippen molar-refractivity contribution in [1.82, 2.24) is 0 Å². The van der Waals surface area contributed by atoms with E-state index in [1.807, 2.05) is 6.07 Å². The molecular formula is C14H18O2. The van der Waals surface area contributed by atoms with Crippen LogP contribution >= 0.6 is 0 Å². The van der Waals surface area contributed by atoms with E-state index in [2.05, 4.69) is 31.2 Å². The second-order valence-electron chi connectivity index (χ2n) is 4.86. The summed E-state index contributed by atoms with van der Waals surface area (Å²) in [6.07, 6.45) is 4.27. The summed E-state index contributed by atoms with van der Waals surface area (Å²) in [5.41, 5.74) is 1.66. The summed E-state index contributed by atoms with van der Waals surface area (Å²) in [5, 5.41) is 0.